The minimum Gasteiger partial charge on any atom is -0.311 e. The highest BCUT2D eigenvalue weighted by atomic mass is 79.9. The van der Waals surface area contributed by atoms with E-state index in [1.54, 1.807) is 0 Å². The molecule has 0 N–H and O–H groups in total. The Bertz CT molecular complexity index is 428. The minimum atomic E-state index is -0.370. The molecule has 0 aromatic heterocycles. The van der Waals surface area contributed by atoms with Crippen molar-refractivity contribution in [3.05, 3.63) is 29.8 Å². The quantitative estimate of drug-likeness (QED) is 0.615. The molecule has 0 atom stereocenters. The number of benzene rings is 1. The number of halogens is 1. The summed E-state index contributed by atoms with van der Waals surface area (Å²) in [6, 6.07) is 8.13. The van der Waals surface area contributed by atoms with Crippen LogP contribution in [0.25, 0.3) is 0 Å². The molecule has 1 aromatic carbocycles. The summed E-state index contributed by atoms with van der Waals surface area (Å²) in [5, 5.41) is 1.00. The molecule has 1 aliphatic rings. The van der Waals surface area contributed by atoms with Gasteiger partial charge in [0.25, 0.3) is 0 Å². The summed E-state index contributed by atoms with van der Waals surface area (Å²) in [7, 11) is 0. The summed E-state index contributed by atoms with van der Waals surface area (Å²) in [6.45, 7) is 4.85. The van der Waals surface area contributed by atoms with Crippen molar-refractivity contribution in [2.45, 2.75) is 32.1 Å². The van der Waals surface area contributed by atoms with E-state index in [4.69, 9.17) is 0 Å². The van der Waals surface area contributed by atoms with Gasteiger partial charge in [0.1, 0.15) is 0 Å². The second-order valence-electron chi connectivity index (χ2n) is 5.00. The lowest BCUT2D eigenvalue weighted by Gasteiger charge is -2.20. The van der Waals surface area contributed by atoms with Crippen LogP contribution in [0.4, 0.5) is 5.69 Å². The molecule has 0 spiro atoms. The third kappa shape index (κ3) is 2.13. The van der Waals surface area contributed by atoms with Crippen LogP contribution in [-0.2, 0) is 10.2 Å². The zero-order valence-corrected chi connectivity index (χ0v) is 12.0. The zero-order valence-electron chi connectivity index (χ0n) is 10.4. The van der Waals surface area contributed by atoms with Gasteiger partial charge < -0.3 is 4.90 Å². The van der Waals surface area contributed by atoms with Crippen LogP contribution in [0.1, 0.15) is 32.3 Å². The maximum Gasteiger partial charge on any atom is 0.237 e. The van der Waals surface area contributed by atoms with Crippen LogP contribution < -0.4 is 4.90 Å². The van der Waals surface area contributed by atoms with Crippen molar-refractivity contribution in [2.75, 3.05) is 16.8 Å². The number of anilines is 1. The molecule has 3 heteroatoms. The van der Waals surface area contributed by atoms with Gasteiger partial charge in [0.2, 0.25) is 5.91 Å². The molecule has 0 unspecified atom stereocenters. The van der Waals surface area contributed by atoms with Gasteiger partial charge in [0.05, 0.1) is 5.41 Å². The number of rotatable bonds is 4. The number of para-hydroxylation sites is 1. The second kappa shape index (κ2) is 4.81. The van der Waals surface area contributed by atoms with E-state index in [2.05, 4.69) is 28.1 Å². The van der Waals surface area contributed by atoms with Crippen LogP contribution in [0, 0.1) is 0 Å². The highest BCUT2D eigenvalue weighted by Gasteiger charge is 2.42. The zero-order chi connectivity index (χ0) is 12.5. The number of alkyl halides is 1. The summed E-state index contributed by atoms with van der Waals surface area (Å²) in [5.41, 5.74) is 1.88. The van der Waals surface area contributed by atoms with Crippen molar-refractivity contribution in [3.63, 3.8) is 0 Å². The number of carbonyl (C=O) groups is 1. The highest BCUT2D eigenvalue weighted by molar-refractivity contribution is 9.09. The van der Waals surface area contributed by atoms with Crippen molar-refractivity contribution in [2.24, 2.45) is 0 Å². The lowest BCUT2D eigenvalue weighted by Crippen LogP contribution is -2.36. The molecule has 1 aliphatic heterocycles. The SMILES string of the molecule is CC1(C)C(=O)N(CCCCBr)c2ccccc21. The van der Waals surface area contributed by atoms with E-state index in [-0.39, 0.29) is 11.3 Å². The first-order valence-corrected chi connectivity index (χ1v) is 7.18. The summed E-state index contributed by atoms with van der Waals surface area (Å²) < 4.78 is 0. The Balaban J connectivity index is 2.27. The normalized spacial score (nSPS) is 17.4. The molecule has 0 bridgehead atoms. The molecular weight excluding hydrogens is 278 g/mol. The van der Waals surface area contributed by atoms with Gasteiger partial charge in [-0.15, -0.1) is 0 Å². The number of nitrogens with zero attached hydrogens (tertiary/aromatic N) is 1. The first-order valence-electron chi connectivity index (χ1n) is 6.06. The third-order valence-corrected chi connectivity index (χ3v) is 3.97. The molecule has 0 radical (unpaired) electrons. The number of fused-ring (bicyclic) bond motifs is 1. The fourth-order valence-electron chi connectivity index (χ4n) is 2.39. The Labute approximate surface area is 111 Å². The van der Waals surface area contributed by atoms with E-state index in [9.17, 15) is 4.79 Å². The Morgan fingerprint density at radius 2 is 1.94 bits per heavy atom. The summed E-state index contributed by atoms with van der Waals surface area (Å²) in [6.07, 6.45) is 2.15. The van der Waals surface area contributed by atoms with Crippen LogP contribution in [0.5, 0.6) is 0 Å². The smallest absolute Gasteiger partial charge is 0.237 e. The van der Waals surface area contributed by atoms with Gasteiger partial charge in [-0.3, -0.25) is 4.79 Å². The van der Waals surface area contributed by atoms with Crippen molar-refractivity contribution in [3.8, 4) is 0 Å². The second-order valence-corrected chi connectivity index (χ2v) is 5.79. The molecular formula is C14H18BrNO. The maximum absolute atomic E-state index is 12.4. The van der Waals surface area contributed by atoms with Gasteiger partial charge in [-0.25, -0.2) is 0 Å². The minimum absolute atomic E-state index is 0.230. The number of hydrogen-bond donors (Lipinski definition) is 0. The number of unbranched alkanes of at least 4 members (excludes halogenated alkanes) is 1. The van der Waals surface area contributed by atoms with E-state index < -0.39 is 0 Å². The Morgan fingerprint density at radius 3 is 2.65 bits per heavy atom. The Morgan fingerprint density at radius 1 is 1.24 bits per heavy atom. The van der Waals surface area contributed by atoms with Crippen LogP contribution in [0.2, 0.25) is 0 Å². The number of amides is 1. The summed E-state index contributed by atoms with van der Waals surface area (Å²) >= 11 is 3.42. The standard InChI is InChI=1S/C14H18BrNO/c1-14(2)11-7-3-4-8-12(11)16(13(14)17)10-6-5-9-15/h3-4,7-8H,5-6,9-10H2,1-2H3. The fourth-order valence-corrected chi connectivity index (χ4v) is 2.78. The molecule has 2 nitrogen and oxygen atoms in total. The van der Waals surface area contributed by atoms with E-state index in [1.165, 1.54) is 0 Å². The predicted octanol–water partition coefficient (Wildman–Crippen LogP) is 3.49. The van der Waals surface area contributed by atoms with Crippen LogP contribution >= 0.6 is 15.9 Å². The Hall–Kier alpha value is -0.830. The summed E-state index contributed by atoms with van der Waals surface area (Å²) in [5.74, 6) is 0.230. The van der Waals surface area contributed by atoms with E-state index >= 15 is 0 Å². The fraction of sp³-hybridized carbons (Fsp3) is 0.500. The van der Waals surface area contributed by atoms with Crippen LogP contribution in [0.3, 0.4) is 0 Å². The van der Waals surface area contributed by atoms with E-state index in [1.807, 2.05) is 30.9 Å². The molecule has 0 saturated heterocycles. The van der Waals surface area contributed by atoms with Crippen molar-refractivity contribution >= 4 is 27.5 Å². The van der Waals surface area contributed by atoms with Crippen LogP contribution in [0.15, 0.2) is 24.3 Å². The van der Waals surface area contributed by atoms with Gasteiger partial charge in [-0.2, -0.15) is 0 Å². The maximum atomic E-state index is 12.4. The molecule has 2 rings (SSSR count). The third-order valence-electron chi connectivity index (χ3n) is 3.41. The average molecular weight is 296 g/mol. The average Bonchev–Trinajstić information content (AvgIpc) is 2.51. The van der Waals surface area contributed by atoms with E-state index in [0.717, 1.165) is 36.0 Å². The van der Waals surface area contributed by atoms with Gasteiger partial charge >= 0.3 is 0 Å². The van der Waals surface area contributed by atoms with Crippen molar-refractivity contribution in [1.29, 1.82) is 0 Å². The van der Waals surface area contributed by atoms with Gasteiger partial charge in [-0.05, 0) is 38.3 Å². The molecule has 0 aliphatic carbocycles. The van der Waals surface area contributed by atoms with Crippen molar-refractivity contribution < 1.29 is 4.79 Å². The highest BCUT2D eigenvalue weighted by Crippen LogP contribution is 2.41. The molecule has 1 heterocycles. The predicted molar refractivity (Wildman–Crippen MR) is 74.8 cm³/mol. The topological polar surface area (TPSA) is 20.3 Å². The molecule has 92 valence electrons. The molecule has 1 amide bonds. The van der Waals surface area contributed by atoms with Gasteiger partial charge in [0, 0.05) is 17.6 Å². The van der Waals surface area contributed by atoms with Crippen LogP contribution in [-0.4, -0.2) is 17.8 Å². The van der Waals surface area contributed by atoms with Gasteiger partial charge in [0.15, 0.2) is 0 Å². The first kappa shape index (κ1) is 12.6. The lowest BCUT2D eigenvalue weighted by molar-refractivity contribution is -0.122. The first-order chi connectivity index (χ1) is 8.09. The number of hydrogen-bond acceptors (Lipinski definition) is 1. The monoisotopic (exact) mass is 295 g/mol. The van der Waals surface area contributed by atoms with Crippen molar-refractivity contribution in [1.82, 2.24) is 0 Å². The Kier molecular flexibility index (Phi) is 3.57. The van der Waals surface area contributed by atoms with E-state index in [0.29, 0.717) is 0 Å². The molecule has 17 heavy (non-hydrogen) atoms. The largest absolute Gasteiger partial charge is 0.311 e. The molecule has 0 fully saturated rings. The van der Waals surface area contributed by atoms with Gasteiger partial charge in [-0.1, -0.05) is 34.1 Å². The number of carbonyl (C=O) groups excluding carboxylic acids is 1. The lowest BCUT2D eigenvalue weighted by atomic mass is 9.86. The summed E-state index contributed by atoms with van der Waals surface area (Å²) in [4.78, 5) is 14.3. The molecule has 1 aromatic rings. The molecule has 0 saturated carbocycles.